The highest BCUT2D eigenvalue weighted by molar-refractivity contribution is 7.99. The summed E-state index contributed by atoms with van der Waals surface area (Å²) in [5, 5.41) is 1.60. The molecule has 0 bridgehead atoms. The fraction of sp³-hybridized carbons (Fsp3) is 0.231. The number of nitrogens with zero attached hydrogens (tertiary/aromatic N) is 2. The van der Waals surface area contributed by atoms with Crippen LogP contribution in [0.4, 0.5) is 5.82 Å². The molecule has 1 aromatic heterocycles. The third kappa shape index (κ3) is 3.62. The average Bonchev–Trinajstić information content (AvgIpc) is 2.32. The second-order valence-corrected chi connectivity index (χ2v) is 5.38. The number of hydrogen-bond acceptors (Lipinski definition) is 4. The number of halogens is 1. The lowest BCUT2D eigenvalue weighted by Gasteiger charge is -2.05. The van der Waals surface area contributed by atoms with Crippen molar-refractivity contribution in [2.75, 3.05) is 5.73 Å². The van der Waals surface area contributed by atoms with Gasteiger partial charge in [0, 0.05) is 22.4 Å². The van der Waals surface area contributed by atoms with Gasteiger partial charge in [-0.1, -0.05) is 30.3 Å². The van der Waals surface area contributed by atoms with Crippen LogP contribution in [0.15, 0.2) is 40.3 Å². The number of aromatic nitrogens is 2. The maximum atomic E-state index is 5.85. The highest BCUT2D eigenvalue weighted by Gasteiger charge is 2.04. The van der Waals surface area contributed by atoms with Crippen LogP contribution >= 0.6 is 23.4 Å². The van der Waals surface area contributed by atoms with Crippen LogP contribution in [0.2, 0.25) is 5.02 Å². The zero-order valence-corrected chi connectivity index (χ0v) is 11.6. The van der Waals surface area contributed by atoms with Crippen molar-refractivity contribution in [2.45, 2.75) is 29.7 Å². The van der Waals surface area contributed by atoms with E-state index >= 15 is 0 Å². The first-order chi connectivity index (χ1) is 8.67. The highest BCUT2D eigenvalue weighted by Crippen LogP contribution is 2.28. The van der Waals surface area contributed by atoms with Crippen molar-refractivity contribution in [2.24, 2.45) is 0 Å². The van der Waals surface area contributed by atoms with Crippen molar-refractivity contribution < 1.29 is 0 Å². The molecule has 0 spiro atoms. The minimum Gasteiger partial charge on any atom is -0.384 e. The van der Waals surface area contributed by atoms with E-state index in [1.165, 1.54) is 0 Å². The molecule has 2 aromatic rings. The molecule has 0 unspecified atom stereocenters. The summed E-state index contributed by atoms with van der Waals surface area (Å²) in [6.45, 7) is 2.10. The lowest BCUT2D eigenvalue weighted by Crippen LogP contribution is -2.00. The van der Waals surface area contributed by atoms with Gasteiger partial charge in [0.05, 0.1) is 0 Å². The first-order valence-corrected chi connectivity index (χ1v) is 6.93. The maximum absolute atomic E-state index is 5.85. The van der Waals surface area contributed by atoms with E-state index in [-0.39, 0.29) is 0 Å². The summed E-state index contributed by atoms with van der Waals surface area (Å²) in [6, 6.07) is 9.44. The Morgan fingerprint density at radius 1 is 1.22 bits per heavy atom. The molecule has 1 heterocycles. The van der Waals surface area contributed by atoms with Gasteiger partial charge in [0.2, 0.25) is 0 Å². The Kier molecular flexibility index (Phi) is 4.44. The number of nitrogen functional groups attached to an aromatic ring is 1. The molecule has 0 aliphatic carbocycles. The minimum atomic E-state index is 0.518. The predicted molar refractivity (Wildman–Crippen MR) is 76.0 cm³/mol. The zero-order chi connectivity index (χ0) is 13.0. The van der Waals surface area contributed by atoms with Gasteiger partial charge >= 0.3 is 0 Å². The van der Waals surface area contributed by atoms with Crippen LogP contribution in [0, 0.1) is 0 Å². The Bertz CT molecular complexity index is 528. The van der Waals surface area contributed by atoms with Gasteiger partial charge in [0.15, 0.2) is 0 Å². The van der Waals surface area contributed by atoms with Gasteiger partial charge in [0.1, 0.15) is 16.7 Å². The standard InChI is InChI=1S/C13H14ClN3S/c1-2-3-12-16-11(15)8-13(17-12)18-10-6-4-9(14)5-7-10/h4-8H,2-3H2,1H3,(H2,15,16,17). The largest absolute Gasteiger partial charge is 0.384 e. The fourth-order valence-corrected chi connectivity index (χ4v) is 2.47. The van der Waals surface area contributed by atoms with E-state index in [9.17, 15) is 0 Å². The molecular weight excluding hydrogens is 266 g/mol. The molecule has 0 amide bonds. The summed E-state index contributed by atoms with van der Waals surface area (Å²) in [5.41, 5.74) is 5.78. The molecule has 0 saturated carbocycles. The summed E-state index contributed by atoms with van der Waals surface area (Å²) in [4.78, 5) is 9.77. The maximum Gasteiger partial charge on any atom is 0.132 e. The van der Waals surface area contributed by atoms with Crippen molar-refractivity contribution in [3.05, 3.63) is 41.2 Å². The highest BCUT2D eigenvalue weighted by atomic mass is 35.5. The van der Waals surface area contributed by atoms with Gasteiger partial charge in [0.25, 0.3) is 0 Å². The number of benzene rings is 1. The van der Waals surface area contributed by atoms with Gasteiger partial charge in [-0.05, 0) is 30.7 Å². The smallest absolute Gasteiger partial charge is 0.132 e. The van der Waals surface area contributed by atoms with Crippen LogP contribution in [-0.2, 0) is 6.42 Å². The molecule has 2 rings (SSSR count). The molecular formula is C13H14ClN3S. The van der Waals surface area contributed by atoms with Crippen molar-refractivity contribution in [1.29, 1.82) is 0 Å². The van der Waals surface area contributed by atoms with E-state index in [1.54, 1.807) is 17.8 Å². The number of hydrogen-bond donors (Lipinski definition) is 1. The van der Waals surface area contributed by atoms with Crippen LogP contribution in [0.5, 0.6) is 0 Å². The van der Waals surface area contributed by atoms with Gasteiger partial charge in [-0.25, -0.2) is 9.97 Å². The topological polar surface area (TPSA) is 51.8 Å². The van der Waals surface area contributed by atoms with Gasteiger partial charge in [-0.2, -0.15) is 0 Å². The average molecular weight is 280 g/mol. The van der Waals surface area contributed by atoms with Crippen LogP contribution < -0.4 is 5.73 Å². The van der Waals surface area contributed by atoms with Crippen molar-refractivity contribution >= 4 is 29.2 Å². The summed E-state index contributed by atoms with van der Waals surface area (Å²) in [6.07, 6.45) is 1.85. The number of nitrogens with two attached hydrogens (primary N) is 1. The normalized spacial score (nSPS) is 10.6. The molecule has 2 N–H and O–H groups in total. The second kappa shape index (κ2) is 6.07. The van der Waals surface area contributed by atoms with Crippen molar-refractivity contribution in [3.8, 4) is 0 Å². The second-order valence-electron chi connectivity index (χ2n) is 3.85. The Morgan fingerprint density at radius 3 is 2.61 bits per heavy atom. The third-order valence-corrected chi connectivity index (χ3v) is 3.46. The molecule has 0 aliphatic heterocycles. The lowest BCUT2D eigenvalue weighted by molar-refractivity contribution is 0.813. The number of anilines is 1. The number of aryl methyl sites for hydroxylation is 1. The molecule has 3 nitrogen and oxygen atoms in total. The van der Waals surface area contributed by atoms with E-state index in [2.05, 4.69) is 16.9 Å². The quantitative estimate of drug-likeness (QED) is 0.865. The Morgan fingerprint density at radius 2 is 1.94 bits per heavy atom. The molecule has 5 heteroatoms. The zero-order valence-electron chi connectivity index (χ0n) is 10.1. The molecule has 0 radical (unpaired) electrons. The molecule has 0 fully saturated rings. The minimum absolute atomic E-state index is 0.518. The van der Waals surface area contributed by atoms with E-state index in [0.29, 0.717) is 5.82 Å². The van der Waals surface area contributed by atoms with Gasteiger partial charge in [-0.15, -0.1) is 0 Å². The Labute approximate surface area is 116 Å². The molecule has 18 heavy (non-hydrogen) atoms. The summed E-state index contributed by atoms with van der Waals surface area (Å²) in [5.74, 6) is 1.32. The molecule has 0 aliphatic rings. The van der Waals surface area contributed by atoms with Gasteiger partial charge in [-0.3, -0.25) is 0 Å². The molecule has 1 aromatic carbocycles. The first-order valence-electron chi connectivity index (χ1n) is 5.74. The number of rotatable bonds is 4. The Hall–Kier alpha value is -1.26. The predicted octanol–water partition coefficient (Wildman–Crippen LogP) is 3.82. The van der Waals surface area contributed by atoms with E-state index < -0.39 is 0 Å². The lowest BCUT2D eigenvalue weighted by atomic mass is 10.3. The monoisotopic (exact) mass is 279 g/mol. The summed E-state index contributed by atoms with van der Waals surface area (Å²) in [7, 11) is 0. The van der Waals surface area contributed by atoms with Crippen LogP contribution in [0.3, 0.4) is 0 Å². The van der Waals surface area contributed by atoms with Crippen LogP contribution in [0.25, 0.3) is 0 Å². The van der Waals surface area contributed by atoms with E-state index in [0.717, 1.165) is 33.6 Å². The molecule has 0 saturated heterocycles. The SMILES string of the molecule is CCCc1nc(N)cc(Sc2ccc(Cl)cc2)n1. The first kappa shape index (κ1) is 13.2. The van der Waals surface area contributed by atoms with Crippen molar-refractivity contribution in [3.63, 3.8) is 0 Å². The van der Waals surface area contributed by atoms with Crippen LogP contribution in [0.1, 0.15) is 19.2 Å². The van der Waals surface area contributed by atoms with Crippen molar-refractivity contribution in [1.82, 2.24) is 9.97 Å². The van der Waals surface area contributed by atoms with E-state index in [1.807, 2.05) is 24.3 Å². The third-order valence-electron chi connectivity index (χ3n) is 2.28. The van der Waals surface area contributed by atoms with Gasteiger partial charge < -0.3 is 5.73 Å². The summed E-state index contributed by atoms with van der Waals surface area (Å²) >= 11 is 7.41. The summed E-state index contributed by atoms with van der Waals surface area (Å²) < 4.78 is 0. The van der Waals surface area contributed by atoms with Crippen LogP contribution in [-0.4, -0.2) is 9.97 Å². The Balaban J connectivity index is 2.20. The molecule has 0 atom stereocenters. The van der Waals surface area contributed by atoms with E-state index in [4.69, 9.17) is 17.3 Å². The fourth-order valence-electron chi connectivity index (χ4n) is 1.50. The molecule has 94 valence electrons.